The molecule has 0 amide bonds. The van der Waals surface area contributed by atoms with Gasteiger partial charge in [0.1, 0.15) is 0 Å². The highest BCUT2D eigenvalue weighted by Gasteiger charge is 2.40. The second-order valence-electron chi connectivity index (χ2n) is 5.55. The Morgan fingerprint density at radius 2 is 1.75 bits per heavy atom. The SMILES string of the molecule is Cc1cccc(C(=O)C(C)(C)C(C)(C)N)c1. The lowest BCUT2D eigenvalue weighted by molar-refractivity contribution is 0.0735. The van der Waals surface area contributed by atoms with Crippen molar-refractivity contribution in [1.29, 1.82) is 0 Å². The third kappa shape index (κ3) is 2.33. The fraction of sp³-hybridized carbons (Fsp3) is 0.500. The lowest BCUT2D eigenvalue weighted by atomic mass is 9.70. The van der Waals surface area contributed by atoms with Crippen LogP contribution in [0.2, 0.25) is 0 Å². The molecule has 0 saturated heterocycles. The molecular weight excluding hydrogens is 198 g/mol. The minimum Gasteiger partial charge on any atom is -0.325 e. The number of hydrogen-bond donors (Lipinski definition) is 1. The summed E-state index contributed by atoms with van der Waals surface area (Å²) < 4.78 is 0. The number of ketones is 1. The van der Waals surface area contributed by atoms with Gasteiger partial charge in [0.15, 0.2) is 5.78 Å². The van der Waals surface area contributed by atoms with Gasteiger partial charge in [0.25, 0.3) is 0 Å². The van der Waals surface area contributed by atoms with Gasteiger partial charge in [-0.05, 0) is 26.8 Å². The second kappa shape index (κ2) is 4.02. The summed E-state index contributed by atoms with van der Waals surface area (Å²) in [7, 11) is 0. The van der Waals surface area contributed by atoms with Crippen LogP contribution in [-0.2, 0) is 0 Å². The lowest BCUT2D eigenvalue weighted by Crippen LogP contribution is -2.51. The maximum atomic E-state index is 12.4. The molecule has 2 N–H and O–H groups in total. The maximum Gasteiger partial charge on any atom is 0.170 e. The first kappa shape index (κ1) is 12.9. The van der Waals surface area contributed by atoms with Crippen LogP contribution in [0.15, 0.2) is 24.3 Å². The monoisotopic (exact) mass is 219 g/mol. The standard InChI is InChI=1S/C14H21NO/c1-10-7-6-8-11(9-10)12(16)13(2,3)14(4,5)15/h6-9H,15H2,1-5H3. The van der Waals surface area contributed by atoms with Gasteiger partial charge in [-0.15, -0.1) is 0 Å². The van der Waals surface area contributed by atoms with E-state index in [2.05, 4.69) is 0 Å². The van der Waals surface area contributed by atoms with E-state index >= 15 is 0 Å². The molecule has 16 heavy (non-hydrogen) atoms. The van der Waals surface area contributed by atoms with E-state index in [9.17, 15) is 4.79 Å². The molecule has 0 bridgehead atoms. The number of carbonyl (C=O) groups is 1. The Balaban J connectivity index is 3.12. The Labute approximate surface area is 97.9 Å². The summed E-state index contributed by atoms with van der Waals surface area (Å²) >= 11 is 0. The predicted molar refractivity (Wildman–Crippen MR) is 67.6 cm³/mol. The molecule has 1 aromatic rings. The zero-order valence-electron chi connectivity index (χ0n) is 10.8. The zero-order chi connectivity index (χ0) is 12.6. The third-order valence-electron chi connectivity index (χ3n) is 3.46. The van der Waals surface area contributed by atoms with Gasteiger partial charge in [-0.3, -0.25) is 4.79 Å². The summed E-state index contributed by atoms with van der Waals surface area (Å²) in [6.45, 7) is 9.56. The highest BCUT2D eigenvalue weighted by molar-refractivity contribution is 6.01. The van der Waals surface area contributed by atoms with Crippen LogP contribution in [0.1, 0.15) is 43.6 Å². The summed E-state index contributed by atoms with van der Waals surface area (Å²) in [6, 6.07) is 7.65. The number of carbonyl (C=O) groups excluding carboxylic acids is 1. The van der Waals surface area contributed by atoms with Gasteiger partial charge in [-0.25, -0.2) is 0 Å². The molecule has 0 heterocycles. The van der Waals surface area contributed by atoms with Crippen LogP contribution >= 0.6 is 0 Å². The number of nitrogens with two attached hydrogens (primary N) is 1. The smallest absolute Gasteiger partial charge is 0.170 e. The van der Waals surface area contributed by atoms with Crippen molar-refractivity contribution in [2.45, 2.75) is 40.2 Å². The Hall–Kier alpha value is -1.15. The predicted octanol–water partition coefficient (Wildman–Crippen LogP) is 2.94. The average molecular weight is 219 g/mol. The van der Waals surface area contributed by atoms with Crippen LogP contribution in [0.25, 0.3) is 0 Å². The van der Waals surface area contributed by atoms with Gasteiger partial charge in [-0.1, -0.05) is 37.6 Å². The molecule has 0 atom stereocenters. The molecule has 1 rings (SSSR count). The van der Waals surface area contributed by atoms with Gasteiger partial charge < -0.3 is 5.73 Å². The summed E-state index contributed by atoms with van der Waals surface area (Å²) in [6.07, 6.45) is 0. The quantitative estimate of drug-likeness (QED) is 0.794. The van der Waals surface area contributed by atoms with E-state index in [-0.39, 0.29) is 5.78 Å². The van der Waals surface area contributed by atoms with Crippen molar-refractivity contribution in [3.8, 4) is 0 Å². The molecule has 0 radical (unpaired) electrons. The Bertz CT molecular complexity index is 399. The number of hydrogen-bond acceptors (Lipinski definition) is 2. The maximum absolute atomic E-state index is 12.4. The molecule has 0 aliphatic rings. The average Bonchev–Trinajstić information content (AvgIpc) is 2.14. The number of aryl methyl sites for hydroxylation is 1. The second-order valence-corrected chi connectivity index (χ2v) is 5.55. The Morgan fingerprint density at radius 3 is 2.19 bits per heavy atom. The van der Waals surface area contributed by atoms with Crippen molar-refractivity contribution in [1.82, 2.24) is 0 Å². The first-order valence-corrected chi connectivity index (χ1v) is 5.56. The highest BCUT2D eigenvalue weighted by Crippen LogP contribution is 2.32. The van der Waals surface area contributed by atoms with Crippen molar-refractivity contribution in [3.63, 3.8) is 0 Å². The van der Waals surface area contributed by atoms with Crippen molar-refractivity contribution < 1.29 is 4.79 Å². The normalized spacial score (nSPS) is 12.6. The molecule has 0 spiro atoms. The van der Waals surface area contributed by atoms with E-state index in [1.807, 2.05) is 58.9 Å². The molecule has 88 valence electrons. The van der Waals surface area contributed by atoms with E-state index in [0.29, 0.717) is 0 Å². The van der Waals surface area contributed by atoms with Crippen molar-refractivity contribution in [2.24, 2.45) is 11.1 Å². The van der Waals surface area contributed by atoms with Crippen LogP contribution in [0.4, 0.5) is 0 Å². The lowest BCUT2D eigenvalue weighted by Gasteiger charge is -2.37. The zero-order valence-corrected chi connectivity index (χ0v) is 10.8. The minimum atomic E-state index is -0.569. The molecule has 0 aliphatic heterocycles. The summed E-state index contributed by atoms with van der Waals surface area (Å²) in [5, 5.41) is 0. The van der Waals surface area contributed by atoms with Crippen molar-refractivity contribution >= 4 is 5.78 Å². The fourth-order valence-electron chi connectivity index (χ4n) is 1.44. The molecule has 2 heteroatoms. The van der Waals surface area contributed by atoms with Gasteiger partial charge in [0.05, 0.1) is 0 Å². The molecule has 0 aliphatic carbocycles. The largest absolute Gasteiger partial charge is 0.325 e. The first-order valence-electron chi connectivity index (χ1n) is 5.56. The molecule has 0 saturated carbocycles. The Morgan fingerprint density at radius 1 is 1.19 bits per heavy atom. The molecule has 0 aromatic heterocycles. The molecule has 1 aromatic carbocycles. The van der Waals surface area contributed by atoms with Crippen molar-refractivity contribution in [3.05, 3.63) is 35.4 Å². The molecule has 0 unspecified atom stereocenters. The van der Waals surface area contributed by atoms with Gasteiger partial charge in [-0.2, -0.15) is 0 Å². The first-order chi connectivity index (χ1) is 7.16. The van der Waals surface area contributed by atoms with Crippen LogP contribution in [0.5, 0.6) is 0 Å². The highest BCUT2D eigenvalue weighted by atomic mass is 16.1. The van der Waals surface area contributed by atoms with Crippen LogP contribution < -0.4 is 5.73 Å². The van der Waals surface area contributed by atoms with Gasteiger partial charge in [0, 0.05) is 16.5 Å². The van der Waals surface area contributed by atoms with E-state index in [1.54, 1.807) is 0 Å². The number of Topliss-reactive ketones (excluding diaryl/α,β-unsaturated/α-hetero) is 1. The van der Waals surface area contributed by atoms with E-state index in [0.717, 1.165) is 11.1 Å². The van der Waals surface area contributed by atoms with Crippen LogP contribution in [0.3, 0.4) is 0 Å². The van der Waals surface area contributed by atoms with E-state index in [1.165, 1.54) is 0 Å². The van der Waals surface area contributed by atoms with Gasteiger partial charge in [0.2, 0.25) is 0 Å². The van der Waals surface area contributed by atoms with E-state index < -0.39 is 11.0 Å². The Kier molecular flexibility index (Phi) is 3.25. The van der Waals surface area contributed by atoms with Gasteiger partial charge >= 0.3 is 0 Å². The molecule has 2 nitrogen and oxygen atoms in total. The van der Waals surface area contributed by atoms with E-state index in [4.69, 9.17) is 5.73 Å². The fourth-order valence-corrected chi connectivity index (χ4v) is 1.44. The van der Waals surface area contributed by atoms with Crippen molar-refractivity contribution in [2.75, 3.05) is 0 Å². The number of benzene rings is 1. The molecule has 0 fully saturated rings. The topological polar surface area (TPSA) is 43.1 Å². The van der Waals surface area contributed by atoms with Crippen LogP contribution in [-0.4, -0.2) is 11.3 Å². The summed E-state index contributed by atoms with van der Waals surface area (Å²) in [5.41, 5.74) is 6.80. The minimum absolute atomic E-state index is 0.101. The number of rotatable bonds is 3. The summed E-state index contributed by atoms with van der Waals surface area (Å²) in [4.78, 5) is 12.4. The van der Waals surface area contributed by atoms with Crippen LogP contribution in [0, 0.1) is 12.3 Å². The molecular formula is C14H21NO. The third-order valence-corrected chi connectivity index (χ3v) is 3.46. The summed E-state index contributed by atoms with van der Waals surface area (Å²) in [5.74, 6) is 0.101.